The maximum absolute atomic E-state index is 13.8. The molecule has 5 aromatic rings. The monoisotopic (exact) mass is 400 g/mol. The summed E-state index contributed by atoms with van der Waals surface area (Å²) in [7, 11) is -3.58. The van der Waals surface area contributed by atoms with E-state index in [1.807, 2.05) is 24.3 Å². The summed E-state index contributed by atoms with van der Waals surface area (Å²) in [6, 6.07) is 26.7. The molecule has 0 aliphatic carbocycles. The molecule has 138 valence electrons. The van der Waals surface area contributed by atoms with Crippen LogP contribution in [0.5, 0.6) is 0 Å². The molecule has 0 aromatic heterocycles. The normalized spacial score (nSPS) is 15.8. The zero-order valence-electron chi connectivity index (χ0n) is 15.8. The zero-order chi connectivity index (χ0) is 19.8. The van der Waals surface area contributed by atoms with Crippen LogP contribution in [-0.4, -0.2) is 15.1 Å². The number of fused-ring (bicyclic) bond motifs is 2. The Bertz CT molecular complexity index is 1650. The second-order valence-corrected chi connectivity index (χ2v) is 10.4. The van der Waals surface area contributed by atoms with Gasteiger partial charge in [-0.15, -0.1) is 0 Å². The molecule has 3 aliphatic heterocycles. The van der Waals surface area contributed by atoms with Crippen molar-refractivity contribution in [1.29, 1.82) is 0 Å². The third-order valence-electron chi connectivity index (χ3n) is 7.22. The van der Waals surface area contributed by atoms with Gasteiger partial charge in [0.25, 0.3) is 0 Å². The van der Waals surface area contributed by atoms with Crippen molar-refractivity contribution in [2.75, 3.05) is 0 Å². The molecule has 4 heteroatoms. The molecule has 0 saturated carbocycles. The quantitative estimate of drug-likeness (QED) is 0.365. The van der Waals surface area contributed by atoms with Gasteiger partial charge in [0.1, 0.15) is 0 Å². The smallest absolute Gasteiger partial charge is 0.219 e. The molecule has 0 bridgehead atoms. The van der Waals surface area contributed by atoms with E-state index in [4.69, 9.17) is 0 Å². The van der Waals surface area contributed by atoms with Crippen LogP contribution in [0.15, 0.2) is 88.7 Å². The van der Waals surface area contributed by atoms with Crippen LogP contribution >= 0.6 is 0 Å². The van der Waals surface area contributed by atoms with Crippen LogP contribution in [0.1, 0.15) is 0 Å². The van der Waals surface area contributed by atoms with Crippen molar-refractivity contribution < 1.29 is 8.42 Å². The molecule has 2 nitrogen and oxygen atoms in total. The van der Waals surface area contributed by atoms with E-state index in [-0.39, 0.29) is 6.71 Å². The molecular weight excluding hydrogens is 387 g/mol. The van der Waals surface area contributed by atoms with E-state index in [0.29, 0.717) is 9.79 Å². The highest BCUT2D eigenvalue weighted by molar-refractivity contribution is 7.92. The largest absolute Gasteiger partial charge is 0.247 e. The van der Waals surface area contributed by atoms with Crippen molar-refractivity contribution in [2.45, 2.75) is 9.79 Å². The minimum absolute atomic E-state index is 0.0399. The standard InChI is InChI=1S/C26H13BO2S/c28-30(29)20-12-10-14-4-1-6-16-18-8-3-9-19-17-7-2-5-15-11-13-21(30)26(23(15)17)27(24(18)19)25(20)22(14)16/h1-13H. The van der Waals surface area contributed by atoms with Crippen LogP contribution in [0.3, 0.4) is 0 Å². The Morgan fingerprint density at radius 2 is 0.967 bits per heavy atom. The fourth-order valence-corrected chi connectivity index (χ4v) is 7.91. The van der Waals surface area contributed by atoms with Crippen LogP contribution in [0, 0.1) is 0 Å². The van der Waals surface area contributed by atoms with Crippen LogP contribution < -0.4 is 16.4 Å². The van der Waals surface area contributed by atoms with Gasteiger partial charge in [-0.2, -0.15) is 0 Å². The molecule has 0 atom stereocenters. The lowest BCUT2D eigenvalue weighted by molar-refractivity contribution is 0.597. The van der Waals surface area contributed by atoms with Gasteiger partial charge in [0.15, 0.2) is 0 Å². The molecule has 3 heterocycles. The predicted octanol–water partition coefficient (Wildman–Crippen LogP) is 3.62. The summed E-state index contributed by atoms with van der Waals surface area (Å²) in [6.45, 7) is -0.0399. The van der Waals surface area contributed by atoms with Crippen molar-refractivity contribution in [2.24, 2.45) is 0 Å². The fourth-order valence-electron chi connectivity index (χ4n) is 6.16. The minimum atomic E-state index is -3.58. The van der Waals surface area contributed by atoms with Gasteiger partial charge in [-0.05, 0) is 66.9 Å². The number of benzene rings is 5. The van der Waals surface area contributed by atoms with E-state index < -0.39 is 9.84 Å². The Hall–Kier alpha value is -3.37. The van der Waals surface area contributed by atoms with Gasteiger partial charge < -0.3 is 0 Å². The lowest BCUT2D eigenvalue weighted by Gasteiger charge is -2.38. The molecule has 0 saturated heterocycles. The second kappa shape index (κ2) is 4.68. The van der Waals surface area contributed by atoms with Crippen molar-refractivity contribution in [3.8, 4) is 22.3 Å². The molecule has 0 amide bonds. The van der Waals surface area contributed by atoms with Crippen molar-refractivity contribution in [3.63, 3.8) is 0 Å². The maximum atomic E-state index is 13.8. The highest BCUT2D eigenvalue weighted by Gasteiger charge is 2.47. The first-order valence-electron chi connectivity index (χ1n) is 10.2. The van der Waals surface area contributed by atoms with Gasteiger partial charge in [0, 0.05) is 0 Å². The van der Waals surface area contributed by atoms with Gasteiger partial charge >= 0.3 is 0 Å². The lowest BCUT2D eigenvalue weighted by atomic mass is 9.31. The summed E-state index contributed by atoms with van der Waals surface area (Å²) in [6.07, 6.45) is 0. The van der Waals surface area contributed by atoms with Crippen LogP contribution in [0.25, 0.3) is 43.8 Å². The van der Waals surface area contributed by atoms with Gasteiger partial charge in [0.2, 0.25) is 16.6 Å². The highest BCUT2D eigenvalue weighted by Crippen LogP contribution is 2.42. The Kier molecular flexibility index (Phi) is 2.42. The van der Waals surface area contributed by atoms with Crippen LogP contribution in [0.2, 0.25) is 0 Å². The predicted molar refractivity (Wildman–Crippen MR) is 122 cm³/mol. The zero-order valence-corrected chi connectivity index (χ0v) is 16.6. The number of sulfone groups is 1. The second-order valence-electron chi connectivity index (χ2n) is 8.47. The Labute approximate surface area is 173 Å². The average Bonchev–Trinajstić information content (AvgIpc) is 2.77. The molecule has 5 aromatic carbocycles. The van der Waals surface area contributed by atoms with Crippen molar-refractivity contribution in [3.05, 3.63) is 78.9 Å². The Morgan fingerprint density at radius 3 is 1.50 bits per heavy atom. The van der Waals surface area contributed by atoms with E-state index in [2.05, 4.69) is 54.6 Å². The number of hydrogen-bond acceptors (Lipinski definition) is 2. The van der Waals surface area contributed by atoms with Crippen LogP contribution in [0.4, 0.5) is 0 Å². The molecule has 0 spiro atoms. The number of hydrogen-bond donors (Lipinski definition) is 0. The summed E-state index contributed by atoms with van der Waals surface area (Å²) < 4.78 is 27.6. The molecular formula is C26H13BO2S. The third kappa shape index (κ3) is 1.47. The van der Waals surface area contributed by atoms with E-state index >= 15 is 0 Å². The fraction of sp³-hybridized carbons (Fsp3) is 0. The minimum Gasteiger partial charge on any atom is -0.219 e. The molecule has 0 fully saturated rings. The molecule has 0 radical (unpaired) electrons. The van der Waals surface area contributed by atoms with Gasteiger partial charge in [-0.25, -0.2) is 8.42 Å². The first kappa shape index (κ1) is 15.5. The molecule has 30 heavy (non-hydrogen) atoms. The summed E-state index contributed by atoms with van der Waals surface area (Å²) in [5.74, 6) is 0. The molecule has 3 aliphatic rings. The summed E-state index contributed by atoms with van der Waals surface area (Å²) in [5, 5.41) is 4.39. The summed E-state index contributed by atoms with van der Waals surface area (Å²) in [5.41, 5.74) is 7.93. The third-order valence-corrected chi connectivity index (χ3v) is 9.09. The Morgan fingerprint density at radius 1 is 0.500 bits per heavy atom. The SMILES string of the molecule is O=S1(=O)c2ccc3cccc4c3c2B2c3c-4cccc3-c3cccc4ccc1c2c34. The van der Waals surface area contributed by atoms with Gasteiger partial charge in [-0.3, -0.25) is 0 Å². The molecule has 0 N–H and O–H groups in total. The van der Waals surface area contributed by atoms with E-state index in [9.17, 15) is 8.42 Å². The molecule has 8 rings (SSSR count). The summed E-state index contributed by atoms with van der Waals surface area (Å²) >= 11 is 0. The van der Waals surface area contributed by atoms with Gasteiger partial charge in [-0.1, -0.05) is 72.2 Å². The number of rotatable bonds is 0. The van der Waals surface area contributed by atoms with E-state index in [0.717, 1.165) is 43.6 Å². The first-order chi connectivity index (χ1) is 14.7. The topological polar surface area (TPSA) is 34.1 Å². The first-order valence-corrected chi connectivity index (χ1v) is 11.6. The van der Waals surface area contributed by atoms with Gasteiger partial charge in [0.05, 0.1) is 9.79 Å². The maximum Gasteiger partial charge on any atom is 0.247 e. The van der Waals surface area contributed by atoms with Crippen molar-refractivity contribution >= 4 is 54.5 Å². The van der Waals surface area contributed by atoms with Crippen LogP contribution in [-0.2, 0) is 9.84 Å². The van der Waals surface area contributed by atoms with E-state index in [1.165, 1.54) is 16.6 Å². The lowest BCUT2D eigenvalue weighted by Crippen LogP contribution is -2.62. The Balaban J connectivity index is 1.77. The van der Waals surface area contributed by atoms with Crippen molar-refractivity contribution in [1.82, 2.24) is 0 Å². The van der Waals surface area contributed by atoms with E-state index in [1.54, 1.807) is 0 Å². The average molecular weight is 400 g/mol. The summed E-state index contributed by atoms with van der Waals surface area (Å²) in [4.78, 5) is 0.943. The highest BCUT2D eigenvalue weighted by atomic mass is 32.2. The molecule has 0 unspecified atom stereocenters.